The third kappa shape index (κ3) is 2.20. The minimum absolute atomic E-state index is 0.0220. The zero-order valence-corrected chi connectivity index (χ0v) is 9.98. The second-order valence-corrected chi connectivity index (χ2v) is 5.27. The molecule has 1 aromatic rings. The topological polar surface area (TPSA) is 76.6 Å². The molecule has 0 bridgehead atoms. The van der Waals surface area contributed by atoms with Crippen molar-refractivity contribution in [3.05, 3.63) is 24.0 Å². The van der Waals surface area contributed by atoms with Gasteiger partial charge < -0.3 is 4.74 Å². The molecule has 0 aliphatic rings. The molecule has 0 fully saturated rings. The quantitative estimate of drug-likeness (QED) is 0.706. The molecule has 6 nitrogen and oxygen atoms in total. The molecule has 0 saturated heterocycles. The van der Waals surface area contributed by atoms with Crippen LogP contribution in [0.2, 0.25) is 0 Å². The Morgan fingerprint density at radius 3 is 2.56 bits per heavy atom. The molecule has 1 rings (SSSR count). The summed E-state index contributed by atoms with van der Waals surface area (Å²) in [4.78, 5) is 14.9. The van der Waals surface area contributed by atoms with Crippen molar-refractivity contribution < 1.29 is 17.9 Å². The van der Waals surface area contributed by atoms with Crippen LogP contribution in [0, 0.1) is 0 Å². The van der Waals surface area contributed by atoms with Gasteiger partial charge in [0.25, 0.3) is 0 Å². The molecule has 0 atom stereocenters. The lowest BCUT2D eigenvalue weighted by Crippen LogP contribution is -2.24. The number of sulfonamides is 1. The molecular weight excluding hydrogens is 232 g/mol. The Labute approximate surface area is 93.9 Å². The molecule has 0 amide bonds. The summed E-state index contributed by atoms with van der Waals surface area (Å²) in [6.45, 7) is 0. The number of ether oxygens (including phenoxy) is 1. The number of carbonyl (C=O) groups is 1. The van der Waals surface area contributed by atoms with Crippen molar-refractivity contribution in [1.29, 1.82) is 0 Å². The van der Waals surface area contributed by atoms with E-state index in [0.29, 0.717) is 0 Å². The Hall–Kier alpha value is -1.47. The predicted molar refractivity (Wildman–Crippen MR) is 56.4 cm³/mol. The number of methoxy groups -OCH3 is 1. The van der Waals surface area contributed by atoms with Crippen LogP contribution < -0.4 is 0 Å². The smallest absolute Gasteiger partial charge is 0.339 e. The Kier molecular flexibility index (Phi) is 3.61. The van der Waals surface area contributed by atoms with Crippen molar-refractivity contribution >= 4 is 16.0 Å². The molecule has 0 aromatic carbocycles. The van der Waals surface area contributed by atoms with Crippen molar-refractivity contribution in [3.63, 3.8) is 0 Å². The Bertz CT molecular complexity index is 496. The van der Waals surface area contributed by atoms with Crippen LogP contribution in [-0.2, 0) is 14.8 Å². The minimum Gasteiger partial charge on any atom is -0.465 e. The van der Waals surface area contributed by atoms with Crippen molar-refractivity contribution in [3.8, 4) is 0 Å². The van der Waals surface area contributed by atoms with Crippen molar-refractivity contribution in [2.45, 2.75) is 4.90 Å². The number of esters is 1. The fourth-order valence-electron chi connectivity index (χ4n) is 1.06. The zero-order valence-electron chi connectivity index (χ0n) is 9.17. The second-order valence-electron chi connectivity index (χ2n) is 3.15. The molecule has 0 radical (unpaired) electrons. The largest absolute Gasteiger partial charge is 0.465 e. The van der Waals surface area contributed by atoms with E-state index in [4.69, 9.17) is 0 Å². The number of hydrogen-bond acceptors (Lipinski definition) is 5. The van der Waals surface area contributed by atoms with Gasteiger partial charge in [0, 0.05) is 26.5 Å². The van der Waals surface area contributed by atoms with Crippen LogP contribution >= 0.6 is 0 Å². The highest BCUT2D eigenvalue weighted by Crippen LogP contribution is 2.17. The average Bonchev–Trinajstić information content (AvgIpc) is 2.27. The van der Waals surface area contributed by atoms with Crippen LogP contribution in [0.1, 0.15) is 10.4 Å². The van der Waals surface area contributed by atoms with Crippen molar-refractivity contribution in [1.82, 2.24) is 9.29 Å². The van der Waals surface area contributed by atoms with Crippen molar-refractivity contribution in [2.24, 2.45) is 0 Å². The van der Waals surface area contributed by atoms with Crippen LogP contribution in [0.4, 0.5) is 0 Å². The molecule has 16 heavy (non-hydrogen) atoms. The average molecular weight is 244 g/mol. The predicted octanol–water partition coefficient (Wildman–Crippen LogP) is 0.119. The van der Waals surface area contributed by atoms with E-state index in [2.05, 4.69) is 9.72 Å². The molecule has 0 aliphatic heterocycles. The van der Waals surface area contributed by atoms with Gasteiger partial charge in [0.05, 0.1) is 12.7 Å². The van der Waals surface area contributed by atoms with Crippen LogP contribution in [0.3, 0.4) is 0 Å². The first-order valence-electron chi connectivity index (χ1n) is 4.36. The van der Waals surface area contributed by atoms with Gasteiger partial charge in [-0.05, 0) is 6.07 Å². The Balaban J connectivity index is 3.41. The molecule has 0 spiro atoms. The van der Waals surface area contributed by atoms with Gasteiger partial charge in [-0.3, -0.25) is 4.98 Å². The van der Waals surface area contributed by atoms with E-state index >= 15 is 0 Å². The maximum atomic E-state index is 11.9. The number of carbonyl (C=O) groups excluding carboxylic acids is 1. The lowest BCUT2D eigenvalue weighted by Gasteiger charge is -2.13. The maximum Gasteiger partial charge on any atom is 0.339 e. The molecule has 7 heteroatoms. The first-order chi connectivity index (χ1) is 7.41. The summed E-state index contributed by atoms with van der Waals surface area (Å²) in [6, 6.07) is 1.31. The molecule has 0 N–H and O–H groups in total. The minimum atomic E-state index is -3.69. The van der Waals surface area contributed by atoms with E-state index in [-0.39, 0.29) is 10.5 Å². The summed E-state index contributed by atoms with van der Waals surface area (Å²) in [7, 11) is 0.253. The number of nitrogens with zero attached hydrogens (tertiary/aromatic N) is 2. The van der Waals surface area contributed by atoms with Gasteiger partial charge in [0.1, 0.15) is 4.90 Å². The van der Waals surface area contributed by atoms with E-state index < -0.39 is 16.0 Å². The summed E-state index contributed by atoms with van der Waals surface area (Å²) >= 11 is 0. The van der Waals surface area contributed by atoms with Crippen LogP contribution in [0.15, 0.2) is 23.4 Å². The number of aromatic nitrogens is 1. The highest BCUT2D eigenvalue weighted by Gasteiger charge is 2.24. The molecule has 0 unspecified atom stereocenters. The van der Waals surface area contributed by atoms with Crippen LogP contribution in [0.25, 0.3) is 0 Å². The normalized spacial score (nSPS) is 11.5. The van der Waals surface area contributed by atoms with E-state index in [9.17, 15) is 13.2 Å². The van der Waals surface area contributed by atoms with Gasteiger partial charge in [0.15, 0.2) is 0 Å². The van der Waals surface area contributed by atoms with Crippen LogP contribution in [0.5, 0.6) is 0 Å². The summed E-state index contributed by atoms with van der Waals surface area (Å²) < 4.78 is 29.2. The number of hydrogen-bond donors (Lipinski definition) is 0. The fourth-order valence-corrected chi connectivity index (χ4v) is 2.08. The Morgan fingerprint density at radius 2 is 2.06 bits per heavy atom. The molecule has 1 heterocycles. The molecule has 0 saturated carbocycles. The maximum absolute atomic E-state index is 11.9. The molecule has 0 aliphatic carbocycles. The number of rotatable bonds is 3. The molecular formula is C9H12N2O4S. The highest BCUT2D eigenvalue weighted by molar-refractivity contribution is 7.89. The van der Waals surface area contributed by atoms with E-state index in [1.807, 2.05) is 0 Å². The highest BCUT2D eigenvalue weighted by atomic mass is 32.2. The van der Waals surface area contributed by atoms with Gasteiger partial charge in [-0.15, -0.1) is 0 Å². The summed E-state index contributed by atoms with van der Waals surface area (Å²) in [6.07, 6.45) is 2.46. The van der Waals surface area contributed by atoms with Gasteiger partial charge in [0.2, 0.25) is 10.0 Å². The van der Waals surface area contributed by atoms with Gasteiger partial charge in [-0.25, -0.2) is 17.5 Å². The SMILES string of the molecule is COC(=O)c1ccncc1S(=O)(=O)N(C)C. The van der Waals surface area contributed by atoms with E-state index in [1.54, 1.807) is 0 Å². The Morgan fingerprint density at radius 1 is 1.44 bits per heavy atom. The third-order valence-corrected chi connectivity index (χ3v) is 3.79. The standard InChI is InChI=1S/C9H12N2O4S/c1-11(2)16(13,14)8-6-10-5-4-7(8)9(12)15-3/h4-6H,1-3H3. The molecule has 88 valence electrons. The van der Waals surface area contributed by atoms with E-state index in [0.717, 1.165) is 10.5 Å². The lowest BCUT2D eigenvalue weighted by molar-refractivity contribution is 0.0596. The summed E-state index contributed by atoms with van der Waals surface area (Å²) in [5.41, 5.74) is -0.0220. The first-order valence-corrected chi connectivity index (χ1v) is 5.80. The number of pyridine rings is 1. The van der Waals surface area contributed by atoms with Crippen molar-refractivity contribution in [2.75, 3.05) is 21.2 Å². The fraction of sp³-hybridized carbons (Fsp3) is 0.333. The van der Waals surface area contributed by atoms with Gasteiger partial charge >= 0.3 is 5.97 Å². The van der Waals surface area contributed by atoms with Gasteiger partial charge in [-0.2, -0.15) is 0 Å². The van der Waals surface area contributed by atoms with Gasteiger partial charge in [-0.1, -0.05) is 0 Å². The second kappa shape index (κ2) is 4.58. The first kappa shape index (κ1) is 12.6. The summed E-state index contributed by atoms with van der Waals surface area (Å²) in [5, 5.41) is 0. The monoisotopic (exact) mass is 244 g/mol. The lowest BCUT2D eigenvalue weighted by atomic mass is 10.3. The van der Waals surface area contributed by atoms with E-state index in [1.165, 1.54) is 33.5 Å². The molecule has 1 aromatic heterocycles. The zero-order chi connectivity index (χ0) is 12.3. The summed E-state index contributed by atoms with van der Waals surface area (Å²) in [5.74, 6) is -0.706. The van der Waals surface area contributed by atoms with Crippen LogP contribution in [-0.4, -0.2) is 44.9 Å². The third-order valence-electron chi connectivity index (χ3n) is 1.95.